The summed E-state index contributed by atoms with van der Waals surface area (Å²) in [6.07, 6.45) is 2.59. The van der Waals surface area contributed by atoms with E-state index in [2.05, 4.69) is 31.0 Å². The molecule has 1 aliphatic rings. The van der Waals surface area contributed by atoms with Crippen LogP contribution in [0, 0.1) is 19.8 Å². The number of hydrogen-bond donors (Lipinski definition) is 0. The number of aryl methyl sites for hydroxylation is 2. The molecule has 0 N–H and O–H groups in total. The minimum absolute atomic E-state index is 0.0513. The highest BCUT2D eigenvalue weighted by Crippen LogP contribution is 2.34. The lowest BCUT2D eigenvalue weighted by atomic mass is 9.96. The van der Waals surface area contributed by atoms with Crippen LogP contribution in [0.1, 0.15) is 29.7 Å². The van der Waals surface area contributed by atoms with Crippen LogP contribution < -0.4 is 9.64 Å². The first-order valence-electron chi connectivity index (χ1n) is 12.5. The molecule has 5 rings (SSSR count). The fraction of sp³-hybridized carbons (Fsp3) is 0.321. The number of methoxy groups -OCH3 is 1. The number of rotatable bonds is 7. The Kier molecular flexibility index (Phi) is 7.47. The van der Waals surface area contributed by atoms with E-state index in [0.717, 1.165) is 21.5 Å². The fourth-order valence-electron chi connectivity index (χ4n) is 4.64. The topological polar surface area (TPSA) is 92.7 Å². The third-order valence-corrected chi connectivity index (χ3v) is 9.99. The van der Waals surface area contributed by atoms with E-state index < -0.39 is 10.0 Å². The molecule has 8 nitrogen and oxygen atoms in total. The van der Waals surface area contributed by atoms with E-state index in [-0.39, 0.29) is 29.8 Å². The lowest BCUT2D eigenvalue weighted by molar-refractivity contribution is -0.123. The van der Waals surface area contributed by atoms with E-state index >= 15 is 0 Å². The smallest absolute Gasteiger partial charge is 0.243 e. The maximum Gasteiger partial charge on any atom is 0.243 e. The van der Waals surface area contributed by atoms with Crippen LogP contribution in [0.25, 0.3) is 10.2 Å². The van der Waals surface area contributed by atoms with E-state index in [4.69, 9.17) is 9.72 Å². The van der Waals surface area contributed by atoms with Crippen LogP contribution in [0.2, 0.25) is 0 Å². The second kappa shape index (κ2) is 10.8. The molecular weight excluding hydrogens is 520 g/mol. The highest BCUT2D eigenvalue weighted by atomic mass is 32.2. The van der Waals surface area contributed by atoms with Gasteiger partial charge in [0.05, 0.1) is 34.5 Å². The number of nitrogens with zero attached hydrogens (tertiary/aromatic N) is 4. The Hall–Kier alpha value is -3.34. The number of thiazole rings is 1. The molecule has 2 aromatic carbocycles. The lowest BCUT2D eigenvalue weighted by Gasteiger charge is -2.33. The van der Waals surface area contributed by atoms with Crippen molar-refractivity contribution in [1.82, 2.24) is 14.3 Å². The van der Waals surface area contributed by atoms with Crippen LogP contribution >= 0.6 is 11.3 Å². The number of carbonyl (C=O) groups excluding carboxylic acids is 1. The Morgan fingerprint density at radius 3 is 2.45 bits per heavy atom. The fourth-order valence-corrected chi connectivity index (χ4v) is 7.16. The standard InChI is InChI=1S/C28H30N4O4S2/c1-19-16-25-26(17-20(19)2)37-28(30-25)32(18-22-6-4-5-13-29-22)27(33)21-11-14-31(15-12-21)38(34,35)24-9-7-23(36-3)8-10-24/h4-10,13,16-17,21H,11-12,14-15,18H2,1-3H3. The summed E-state index contributed by atoms with van der Waals surface area (Å²) in [6, 6.07) is 16.2. The minimum Gasteiger partial charge on any atom is -0.497 e. The Balaban J connectivity index is 1.37. The number of aromatic nitrogens is 2. The molecule has 0 aliphatic carbocycles. The molecule has 0 atom stereocenters. The predicted molar refractivity (Wildman–Crippen MR) is 149 cm³/mol. The van der Waals surface area contributed by atoms with Crippen LogP contribution in [-0.2, 0) is 21.4 Å². The number of fused-ring (bicyclic) bond motifs is 1. The molecule has 4 aromatic rings. The summed E-state index contributed by atoms with van der Waals surface area (Å²) >= 11 is 1.49. The SMILES string of the molecule is COc1ccc(S(=O)(=O)N2CCC(C(=O)N(Cc3ccccn3)c3nc4cc(C)c(C)cc4s3)CC2)cc1. The third kappa shape index (κ3) is 5.29. The molecule has 1 aliphatic heterocycles. The van der Waals surface area contributed by atoms with Crippen molar-refractivity contribution in [3.63, 3.8) is 0 Å². The average Bonchev–Trinajstić information content (AvgIpc) is 3.34. The number of carbonyl (C=O) groups is 1. The quantitative estimate of drug-likeness (QED) is 0.323. The predicted octanol–water partition coefficient (Wildman–Crippen LogP) is 4.95. The van der Waals surface area contributed by atoms with E-state index in [1.54, 1.807) is 42.5 Å². The molecule has 0 radical (unpaired) electrons. The van der Waals surface area contributed by atoms with Gasteiger partial charge in [0, 0.05) is 25.2 Å². The molecule has 0 bridgehead atoms. The largest absolute Gasteiger partial charge is 0.497 e. The van der Waals surface area contributed by atoms with Gasteiger partial charge in [-0.05, 0) is 86.3 Å². The number of pyridine rings is 1. The number of ether oxygens (including phenoxy) is 1. The van der Waals surface area contributed by atoms with Crippen LogP contribution in [0.5, 0.6) is 5.75 Å². The Morgan fingerprint density at radius 1 is 1.08 bits per heavy atom. The van der Waals surface area contributed by atoms with Crippen molar-refractivity contribution in [3.8, 4) is 5.75 Å². The zero-order valence-electron chi connectivity index (χ0n) is 21.6. The van der Waals surface area contributed by atoms with Crippen LogP contribution in [-0.4, -0.2) is 48.8 Å². The van der Waals surface area contributed by atoms with Crippen molar-refractivity contribution in [1.29, 1.82) is 0 Å². The number of hydrogen-bond acceptors (Lipinski definition) is 7. The molecule has 198 valence electrons. The molecule has 0 unspecified atom stereocenters. The maximum absolute atomic E-state index is 13.9. The number of sulfonamides is 1. The lowest BCUT2D eigenvalue weighted by Crippen LogP contribution is -2.44. The van der Waals surface area contributed by atoms with Gasteiger partial charge in [0.25, 0.3) is 0 Å². The number of piperidine rings is 1. The summed E-state index contributed by atoms with van der Waals surface area (Å²) in [5.41, 5.74) is 3.97. The molecule has 1 amide bonds. The van der Waals surface area contributed by atoms with Crippen molar-refractivity contribution in [3.05, 3.63) is 77.6 Å². The first kappa shape index (κ1) is 26.3. The van der Waals surface area contributed by atoms with Crippen molar-refractivity contribution in [2.24, 2.45) is 5.92 Å². The van der Waals surface area contributed by atoms with Crippen LogP contribution in [0.15, 0.2) is 65.7 Å². The van der Waals surface area contributed by atoms with Gasteiger partial charge >= 0.3 is 0 Å². The zero-order valence-corrected chi connectivity index (χ0v) is 23.3. The van der Waals surface area contributed by atoms with Gasteiger partial charge < -0.3 is 4.74 Å². The van der Waals surface area contributed by atoms with Gasteiger partial charge in [-0.25, -0.2) is 13.4 Å². The molecular formula is C28H30N4O4S2. The van der Waals surface area contributed by atoms with Crippen molar-refractivity contribution >= 4 is 42.6 Å². The first-order valence-corrected chi connectivity index (χ1v) is 14.7. The van der Waals surface area contributed by atoms with E-state index in [1.165, 1.54) is 21.2 Å². The third-order valence-electron chi connectivity index (χ3n) is 7.04. The second-order valence-corrected chi connectivity index (χ2v) is 12.4. The summed E-state index contributed by atoms with van der Waals surface area (Å²) in [6.45, 7) is 4.99. The van der Waals surface area contributed by atoms with E-state index in [9.17, 15) is 13.2 Å². The molecule has 10 heteroatoms. The highest BCUT2D eigenvalue weighted by molar-refractivity contribution is 7.89. The molecule has 2 aromatic heterocycles. The summed E-state index contributed by atoms with van der Waals surface area (Å²) in [7, 11) is -2.11. The van der Waals surface area contributed by atoms with E-state index in [1.807, 2.05) is 18.2 Å². The van der Waals surface area contributed by atoms with Crippen molar-refractivity contribution < 1.29 is 17.9 Å². The molecule has 0 spiro atoms. The summed E-state index contributed by atoms with van der Waals surface area (Å²) < 4.78 is 34.0. The van der Waals surface area contributed by atoms with Crippen LogP contribution in [0.3, 0.4) is 0 Å². The van der Waals surface area contributed by atoms with Gasteiger partial charge in [0.15, 0.2) is 5.13 Å². The van der Waals surface area contributed by atoms with Gasteiger partial charge in [0.2, 0.25) is 15.9 Å². The highest BCUT2D eigenvalue weighted by Gasteiger charge is 2.35. The number of anilines is 1. The molecule has 3 heterocycles. The maximum atomic E-state index is 13.9. The zero-order chi connectivity index (χ0) is 26.9. The Labute approximate surface area is 227 Å². The van der Waals surface area contributed by atoms with Gasteiger partial charge in [-0.3, -0.25) is 14.7 Å². The van der Waals surface area contributed by atoms with Crippen LogP contribution in [0.4, 0.5) is 5.13 Å². The van der Waals surface area contributed by atoms with Gasteiger partial charge in [0.1, 0.15) is 5.75 Å². The monoisotopic (exact) mass is 550 g/mol. The molecule has 38 heavy (non-hydrogen) atoms. The first-order chi connectivity index (χ1) is 18.3. The normalized spacial score (nSPS) is 15.0. The summed E-state index contributed by atoms with van der Waals surface area (Å²) in [4.78, 5) is 25.1. The Morgan fingerprint density at radius 2 is 1.79 bits per heavy atom. The summed E-state index contributed by atoms with van der Waals surface area (Å²) in [5, 5.41) is 0.633. The summed E-state index contributed by atoms with van der Waals surface area (Å²) in [5.74, 6) is 0.239. The molecule has 1 saturated heterocycles. The molecule has 1 fully saturated rings. The number of amides is 1. The minimum atomic E-state index is -3.65. The second-order valence-electron chi connectivity index (χ2n) is 9.50. The van der Waals surface area contributed by atoms with Crippen molar-refractivity contribution in [2.45, 2.75) is 38.1 Å². The van der Waals surface area contributed by atoms with Gasteiger partial charge in [-0.2, -0.15) is 4.31 Å². The Bertz CT molecular complexity index is 1510. The average molecular weight is 551 g/mol. The van der Waals surface area contributed by atoms with E-state index in [0.29, 0.717) is 30.3 Å². The van der Waals surface area contributed by atoms with Gasteiger partial charge in [-0.15, -0.1) is 0 Å². The molecule has 0 saturated carbocycles. The number of benzene rings is 2. The van der Waals surface area contributed by atoms with Gasteiger partial charge in [-0.1, -0.05) is 17.4 Å². The van der Waals surface area contributed by atoms with Crippen molar-refractivity contribution in [2.75, 3.05) is 25.1 Å².